The van der Waals surface area contributed by atoms with Crippen molar-refractivity contribution in [2.24, 2.45) is 11.7 Å². The number of carbonyl (C=O) groups is 1. The molecule has 2 aromatic heterocycles. The maximum absolute atomic E-state index is 11.3. The average Bonchev–Trinajstić information content (AvgIpc) is 3.21. The Morgan fingerprint density at radius 3 is 2.71 bits per heavy atom. The molecule has 3 heterocycles. The molecule has 1 saturated heterocycles. The van der Waals surface area contributed by atoms with Crippen molar-refractivity contribution < 1.29 is 4.79 Å². The van der Waals surface area contributed by atoms with Crippen molar-refractivity contribution in [3.63, 3.8) is 0 Å². The third-order valence-corrected chi connectivity index (χ3v) is 5.38. The van der Waals surface area contributed by atoms with Gasteiger partial charge >= 0.3 is 0 Å². The van der Waals surface area contributed by atoms with Gasteiger partial charge in [0.05, 0.1) is 11.9 Å². The molecule has 7 heteroatoms. The summed E-state index contributed by atoms with van der Waals surface area (Å²) in [4.78, 5) is 18.4. The van der Waals surface area contributed by atoms with E-state index in [0.29, 0.717) is 0 Å². The standard InChI is InChI=1S/C21H26N6O/c22-21(28)17-8-13-26(14-9-17)12-4-10-23-20-15-18(16-5-2-1-3-6-16)25-19-7-11-24-27(19)20/h1-3,5-7,11,15,17,23H,4,8-10,12-14H2,(H2,22,28). The van der Waals surface area contributed by atoms with Crippen LogP contribution in [0.4, 0.5) is 5.82 Å². The van der Waals surface area contributed by atoms with Gasteiger partial charge in [0.2, 0.25) is 5.91 Å². The lowest BCUT2D eigenvalue weighted by Gasteiger charge is -2.30. The lowest BCUT2D eigenvalue weighted by atomic mass is 9.96. The zero-order valence-electron chi connectivity index (χ0n) is 15.9. The highest BCUT2D eigenvalue weighted by molar-refractivity contribution is 5.76. The number of piperidine rings is 1. The Morgan fingerprint density at radius 2 is 1.96 bits per heavy atom. The SMILES string of the molecule is NC(=O)C1CCN(CCCNc2cc(-c3ccccc3)nc3ccnn23)CC1. The molecule has 0 atom stereocenters. The Kier molecular flexibility index (Phi) is 5.53. The first-order valence-electron chi connectivity index (χ1n) is 9.86. The number of nitrogens with zero attached hydrogens (tertiary/aromatic N) is 4. The van der Waals surface area contributed by atoms with E-state index in [9.17, 15) is 4.79 Å². The highest BCUT2D eigenvalue weighted by Gasteiger charge is 2.22. The fourth-order valence-electron chi connectivity index (χ4n) is 3.76. The highest BCUT2D eigenvalue weighted by atomic mass is 16.1. The van der Waals surface area contributed by atoms with E-state index >= 15 is 0 Å². The van der Waals surface area contributed by atoms with Crippen LogP contribution in [0, 0.1) is 5.92 Å². The second-order valence-electron chi connectivity index (χ2n) is 7.29. The van der Waals surface area contributed by atoms with Crippen molar-refractivity contribution in [2.45, 2.75) is 19.3 Å². The molecule has 28 heavy (non-hydrogen) atoms. The Morgan fingerprint density at radius 1 is 1.18 bits per heavy atom. The van der Waals surface area contributed by atoms with Gasteiger partial charge in [-0.05, 0) is 38.9 Å². The van der Waals surface area contributed by atoms with Crippen LogP contribution in [0.3, 0.4) is 0 Å². The highest BCUT2D eigenvalue weighted by Crippen LogP contribution is 2.22. The quantitative estimate of drug-likeness (QED) is 0.616. The number of primary amides is 1. The van der Waals surface area contributed by atoms with Gasteiger partial charge in [0, 0.05) is 30.2 Å². The van der Waals surface area contributed by atoms with Gasteiger partial charge in [-0.25, -0.2) is 4.98 Å². The van der Waals surface area contributed by atoms with Crippen LogP contribution in [0.25, 0.3) is 16.9 Å². The van der Waals surface area contributed by atoms with E-state index in [1.165, 1.54) is 0 Å². The molecule has 146 valence electrons. The Bertz CT molecular complexity index is 930. The van der Waals surface area contributed by atoms with E-state index < -0.39 is 0 Å². The topological polar surface area (TPSA) is 88.5 Å². The monoisotopic (exact) mass is 378 g/mol. The van der Waals surface area contributed by atoms with E-state index in [-0.39, 0.29) is 11.8 Å². The summed E-state index contributed by atoms with van der Waals surface area (Å²) >= 11 is 0. The molecule has 1 aliphatic rings. The summed E-state index contributed by atoms with van der Waals surface area (Å²) in [6, 6.07) is 14.1. The smallest absolute Gasteiger partial charge is 0.220 e. The number of carbonyl (C=O) groups excluding carboxylic acids is 1. The van der Waals surface area contributed by atoms with Gasteiger partial charge in [-0.1, -0.05) is 30.3 Å². The molecular weight excluding hydrogens is 352 g/mol. The fraction of sp³-hybridized carbons (Fsp3) is 0.381. The predicted molar refractivity (Wildman–Crippen MR) is 110 cm³/mol. The molecule has 0 unspecified atom stereocenters. The number of hydrogen-bond acceptors (Lipinski definition) is 5. The molecule has 0 bridgehead atoms. The third kappa shape index (κ3) is 4.14. The van der Waals surface area contributed by atoms with E-state index in [1.807, 2.05) is 34.8 Å². The number of hydrogen-bond donors (Lipinski definition) is 2. The molecule has 4 rings (SSSR count). The largest absolute Gasteiger partial charge is 0.370 e. The van der Waals surface area contributed by atoms with E-state index in [1.54, 1.807) is 6.20 Å². The van der Waals surface area contributed by atoms with Crippen molar-refractivity contribution in [3.8, 4) is 11.3 Å². The number of likely N-dealkylation sites (tertiary alicyclic amines) is 1. The van der Waals surface area contributed by atoms with Crippen LogP contribution in [0.2, 0.25) is 0 Å². The molecule has 0 spiro atoms. The summed E-state index contributed by atoms with van der Waals surface area (Å²) in [5.41, 5.74) is 8.26. The first-order valence-corrected chi connectivity index (χ1v) is 9.86. The molecule has 3 N–H and O–H groups in total. The Balaban J connectivity index is 1.36. The maximum Gasteiger partial charge on any atom is 0.220 e. The summed E-state index contributed by atoms with van der Waals surface area (Å²) in [7, 11) is 0. The maximum atomic E-state index is 11.3. The second kappa shape index (κ2) is 8.39. The molecular formula is C21H26N6O. The number of fused-ring (bicyclic) bond motifs is 1. The second-order valence-corrected chi connectivity index (χ2v) is 7.29. The summed E-state index contributed by atoms with van der Waals surface area (Å²) in [6.07, 6.45) is 4.54. The van der Waals surface area contributed by atoms with Crippen molar-refractivity contribution in [2.75, 3.05) is 31.5 Å². The van der Waals surface area contributed by atoms with Crippen LogP contribution in [0.1, 0.15) is 19.3 Å². The van der Waals surface area contributed by atoms with Gasteiger partial charge in [0.15, 0.2) is 5.65 Å². The first-order chi connectivity index (χ1) is 13.7. The molecule has 0 radical (unpaired) electrons. The van der Waals surface area contributed by atoms with Crippen LogP contribution < -0.4 is 11.1 Å². The number of amides is 1. The van der Waals surface area contributed by atoms with Crippen molar-refractivity contribution >= 4 is 17.4 Å². The number of rotatable bonds is 7. The predicted octanol–water partition coefficient (Wildman–Crippen LogP) is 2.40. The first kappa shape index (κ1) is 18.4. The molecule has 1 fully saturated rings. The van der Waals surface area contributed by atoms with E-state index in [0.717, 1.165) is 68.2 Å². The minimum atomic E-state index is -0.156. The molecule has 3 aromatic rings. The van der Waals surface area contributed by atoms with E-state index in [4.69, 9.17) is 10.7 Å². The third-order valence-electron chi connectivity index (χ3n) is 5.38. The molecule has 0 aliphatic carbocycles. The normalized spacial score (nSPS) is 15.7. The lowest BCUT2D eigenvalue weighted by molar-refractivity contribution is -0.123. The number of benzene rings is 1. The minimum absolute atomic E-state index is 0.0516. The lowest BCUT2D eigenvalue weighted by Crippen LogP contribution is -2.39. The van der Waals surface area contributed by atoms with E-state index in [2.05, 4.69) is 27.4 Å². The Labute approximate surface area is 164 Å². The summed E-state index contributed by atoms with van der Waals surface area (Å²) < 4.78 is 1.84. The molecule has 7 nitrogen and oxygen atoms in total. The van der Waals surface area contributed by atoms with Crippen molar-refractivity contribution in [1.29, 1.82) is 0 Å². The molecule has 1 aliphatic heterocycles. The number of nitrogens with one attached hydrogen (secondary N) is 1. The van der Waals surface area contributed by atoms with Gasteiger partial charge in [0.1, 0.15) is 5.82 Å². The molecule has 0 saturated carbocycles. The van der Waals surface area contributed by atoms with Crippen LogP contribution in [0.5, 0.6) is 0 Å². The van der Waals surface area contributed by atoms with Gasteiger partial charge in [-0.3, -0.25) is 4.79 Å². The van der Waals surface area contributed by atoms with Gasteiger partial charge in [-0.15, -0.1) is 0 Å². The molecule has 1 aromatic carbocycles. The van der Waals surface area contributed by atoms with Gasteiger partial charge in [-0.2, -0.15) is 9.61 Å². The van der Waals surface area contributed by atoms with Gasteiger partial charge < -0.3 is 16.0 Å². The number of nitrogens with two attached hydrogens (primary N) is 1. The van der Waals surface area contributed by atoms with Crippen molar-refractivity contribution in [3.05, 3.63) is 48.7 Å². The van der Waals surface area contributed by atoms with Crippen molar-refractivity contribution in [1.82, 2.24) is 19.5 Å². The summed E-state index contributed by atoms with van der Waals surface area (Å²) in [6.45, 7) is 3.76. The van der Waals surface area contributed by atoms with Crippen LogP contribution in [-0.4, -0.2) is 51.6 Å². The minimum Gasteiger partial charge on any atom is -0.370 e. The van der Waals surface area contributed by atoms with Gasteiger partial charge in [0.25, 0.3) is 0 Å². The summed E-state index contributed by atoms with van der Waals surface area (Å²) in [5.74, 6) is 0.841. The van der Waals surface area contributed by atoms with Crippen LogP contribution >= 0.6 is 0 Å². The summed E-state index contributed by atoms with van der Waals surface area (Å²) in [5, 5.41) is 7.89. The fourth-order valence-corrected chi connectivity index (χ4v) is 3.76. The molecule has 1 amide bonds. The zero-order chi connectivity index (χ0) is 19.3. The Hall–Kier alpha value is -2.93. The average molecular weight is 378 g/mol. The number of anilines is 1. The van der Waals surface area contributed by atoms with Crippen LogP contribution in [0.15, 0.2) is 48.7 Å². The number of aromatic nitrogens is 3. The zero-order valence-corrected chi connectivity index (χ0v) is 15.9. The van der Waals surface area contributed by atoms with Crippen LogP contribution in [-0.2, 0) is 4.79 Å².